The minimum absolute atomic E-state index is 0.0809. The number of rotatable bonds is 4. The third-order valence-electron chi connectivity index (χ3n) is 4.10. The summed E-state index contributed by atoms with van der Waals surface area (Å²) < 4.78 is 11.2. The Labute approximate surface area is 115 Å². The van der Waals surface area contributed by atoms with Crippen LogP contribution in [0.5, 0.6) is 0 Å². The molecule has 0 unspecified atom stereocenters. The number of carbonyl (C=O) groups excluding carboxylic acids is 1. The number of likely N-dealkylation sites (tertiary alicyclic amines) is 1. The number of amides is 1. The van der Waals surface area contributed by atoms with Gasteiger partial charge in [-0.25, -0.2) is 0 Å². The Balaban J connectivity index is 1.77. The van der Waals surface area contributed by atoms with E-state index in [1.54, 1.807) is 0 Å². The molecule has 0 radical (unpaired) electrons. The van der Waals surface area contributed by atoms with Crippen molar-refractivity contribution < 1.29 is 14.3 Å². The zero-order valence-electron chi connectivity index (χ0n) is 12.0. The van der Waals surface area contributed by atoms with Crippen molar-refractivity contribution in [2.45, 2.75) is 63.8 Å². The predicted octanol–water partition coefficient (Wildman–Crippen LogP) is 0.909. The first-order valence-corrected chi connectivity index (χ1v) is 7.37. The maximum atomic E-state index is 12.3. The molecule has 2 fully saturated rings. The van der Waals surface area contributed by atoms with Gasteiger partial charge in [-0.1, -0.05) is 0 Å². The Bertz CT molecular complexity index is 305. The third kappa shape index (κ3) is 3.91. The van der Waals surface area contributed by atoms with Crippen LogP contribution in [0, 0.1) is 0 Å². The second-order valence-electron chi connectivity index (χ2n) is 5.78. The Morgan fingerprint density at radius 2 is 2.32 bits per heavy atom. The maximum Gasteiger partial charge on any atom is 0.251 e. The molecule has 2 N–H and O–H groups in total. The standard InChI is InChI=1S/C14H26N2O3/c1-10-8-12(15)5-6-16(10)14(17)11(2)19-9-13-4-3-7-18-13/h10-13H,3-9,15H2,1-2H3/t10-,11+,12-,13+/m1/s1. The van der Waals surface area contributed by atoms with E-state index in [0.29, 0.717) is 6.61 Å². The van der Waals surface area contributed by atoms with Crippen LogP contribution in [0.3, 0.4) is 0 Å². The first kappa shape index (κ1) is 14.8. The quantitative estimate of drug-likeness (QED) is 0.824. The molecular formula is C14H26N2O3. The van der Waals surface area contributed by atoms with Crippen molar-refractivity contribution in [2.75, 3.05) is 19.8 Å². The zero-order chi connectivity index (χ0) is 13.8. The van der Waals surface area contributed by atoms with Crippen LogP contribution < -0.4 is 5.73 Å². The van der Waals surface area contributed by atoms with Crippen molar-refractivity contribution in [3.63, 3.8) is 0 Å². The monoisotopic (exact) mass is 270 g/mol. The molecule has 2 rings (SSSR count). The highest BCUT2D eigenvalue weighted by atomic mass is 16.5. The summed E-state index contributed by atoms with van der Waals surface area (Å²) in [6, 6.07) is 0.437. The molecule has 0 aromatic carbocycles. The van der Waals surface area contributed by atoms with Gasteiger partial charge in [-0.3, -0.25) is 4.79 Å². The van der Waals surface area contributed by atoms with Gasteiger partial charge in [-0.2, -0.15) is 0 Å². The average Bonchev–Trinajstić information content (AvgIpc) is 2.88. The van der Waals surface area contributed by atoms with Crippen LogP contribution in [0.25, 0.3) is 0 Å². The lowest BCUT2D eigenvalue weighted by atomic mass is 9.98. The van der Waals surface area contributed by atoms with Crippen LogP contribution in [0.4, 0.5) is 0 Å². The minimum atomic E-state index is -0.388. The van der Waals surface area contributed by atoms with E-state index in [1.165, 1.54) is 0 Å². The maximum absolute atomic E-state index is 12.3. The van der Waals surface area contributed by atoms with Gasteiger partial charge < -0.3 is 20.1 Å². The summed E-state index contributed by atoms with van der Waals surface area (Å²) in [5.74, 6) is 0.0809. The fourth-order valence-electron chi connectivity index (χ4n) is 2.87. The van der Waals surface area contributed by atoms with Gasteiger partial charge in [0, 0.05) is 25.2 Å². The van der Waals surface area contributed by atoms with Gasteiger partial charge in [0.2, 0.25) is 0 Å². The van der Waals surface area contributed by atoms with Gasteiger partial charge in [0.25, 0.3) is 5.91 Å². The fourth-order valence-corrected chi connectivity index (χ4v) is 2.87. The van der Waals surface area contributed by atoms with Crippen molar-refractivity contribution in [3.05, 3.63) is 0 Å². The van der Waals surface area contributed by atoms with Gasteiger partial charge in [0.05, 0.1) is 12.7 Å². The molecule has 0 saturated carbocycles. The molecule has 2 aliphatic heterocycles. The number of hydrogen-bond donors (Lipinski definition) is 1. The highest BCUT2D eigenvalue weighted by molar-refractivity contribution is 5.81. The topological polar surface area (TPSA) is 64.8 Å². The van der Waals surface area contributed by atoms with E-state index < -0.39 is 0 Å². The molecule has 5 heteroatoms. The lowest BCUT2D eigenvalue weighted by molar-refractivity contribution is -0.148. The number of ether oxygens (including phenoxy) is 2. The van der Waals surface area contributed by atoms with E-state index in [-0.39, 0.29) is 30.2 Å². The molecule has 0 aliphatic carbocycles. The molecule has 0 aromatic heterocycles. The van der Waals surface area contributed by atoms with Crippen molar-refractivity contribution in [3.8, 4) is 0 Å². The smallest absolute Gasteiger partial charge is 0.251 e. The van der Waals surface area contributed by atoms with Crippen molar-refractivity contribution in [1.29, 1.82) is 0 Å². The highest BCUT2D eigenvalue weighted by Gasteiger charge is 2.30. The molecule has 5 nitrogen and oxygen atoms in total. The summed E-state index contributed by atoms with van der Waals surface area (Å²) in [6.45, 7) is 5.98. The average molecular weight is 270 g/mol. The summed E-state index contributed by atoms with van der Waals surface area (Å²) >= 11 is 0. The molecule has 19 heavy (non-hydrogen) atoms. The van der Waals surface area contributed by atoms with Crippen LogP contribution in [0.1, 0.15) is 39.5 Å². The van der Waals surface area contributed by atoms with Crippen LogP contribution >= 0.6 is 0 Å². The first-order chi connectivity index (χ1) is 9.08. The molecule has 0 bridgehead atoms. The van der Waals surface area contributed by atoms with E-state index in [1.807, 2.05) is 11.8 Å². The van der Waals surface area contributed by atoms with Gasteiger partial charge >= 0.3 is 0 Å². The summed E-state index contributed by atoms with van der Waals surface area (Å²) in [4.78, 5) is 14.2. The van der Waals surface area contributed by atoms with Crippen molar-refractivity contribution >= 4 is 5.91 Å². The van der Waals surface area contributed by atoms with Gasteiger partial charge in [0.1, 0.15) is 6.10 Å². The third-order valence-corrected chi connectivity index (χ3v) is 4.10. The number of nitrogens with zero attached hydrogens (tertiary/aromatic N) is 1. The van der Waals surface area contributed by atoms with Crippen LogP contribution in [0.15, 0.2) is 0 Å². The molecule has 2 saturated heterocycles. The summed E-state index contributed by atoms with van der Waals surface area (Å²) in [5, 5.41) is 0. The summed E-state index contributed by atoms with van der Waals surface area (Å²) in [6.07, 6.45) is 3.68. The summed E-state index contributed by atoms with van der Waals surface area (Å²) in [7, 11) is 0. The number of nitrogens with two attached hydrogens (primary N) is 1. The van der Waals surface area contributed by atoms with E-state index in [4.69, 9.17) is 15.2 Å². The second-order valence-corrected chi connectivity index (χ2v) is 5.78. The fraction of sp³-hybridized carbons (Fsp3) is 0.929. The van der Waals surface area contributed by atoms with Gasteiger partial charge in [-0.15, -0.1) is 0 Å². The van der Waals surface area contributed by atoms with Crippen LogP contribution in [0.2, 0.25) is 0 Å². The number of hydrogen-bond acceptors (Lipinski definition) is 4. The summed E-state index contributed by atoms with van der Waals surface area (Å²) in [5.41, 5.74) is 5.92. The van der Waals surface area contributed by atoms with Crippen molar-refractivity contribution in [1.82, 2.24) is 4.90 Å². The Morgan fingerprint density at radius 1 is 1.53 bits per heavy atom. The number of piperidine rings is 1. The van der Waals surface area contributed by atoms with Crippen LogP contribution in [-0.4, -0.2) is 54.9 Å². The molecule has 2 aliphatic rings. The molecule has 0 spiro atoms. The molecule has 4 atom stereocenters. The lowest BCUT2D eigenvalue weighted by Gasteiger charge is -2.37. The molecular weight excluding hydrogens is 244 g/mol. The molecule has 1 amide bonds. The van der Waals surface area contributed by atoms with Crippen molar-refractivity contribution in [2.24, 2.45) is 5.73 Å². The van der Waals surface area contributed by atoms with E-state index in [2.05, 4.69) is 6.92 Å². The van der Waals surface area contributed by atoms with Crippen LogP contribution in [-0.2, 0) is 14.3 Å². The SMILES string of the molecule is C[C@H](OC[C@@H]1CCCO1)C(=O)N1CC[C@@H](N)C[C@H]1C. The highest BCUT2D eigenvalue weighted by Crippen LogP contribution is 2.18. The van der Waals surface area contributed by atoms with E-state index >= 15 is 0 Å². The molecule has 110 valence electrons. The first-order valence-electron chi connectivity index (χ1n) is 7.37. The minimum Gasteiger partial charge on any atom is -0.376 e. The van der Waals surface area contributed by atoms with Gasteiger partial charge in [-0.05, 0) is 39.5 Å². The lowest BCUT2D eigenvalue weighted by Crippen LogP contribution is -2.51. The molecule has 0 aromatic rings. The predicted molar refractivity (Wildman–Crippen MR) is 72.8 cm³/mol. The largest absolute Gasteiger partial charge is 0.376 e. The molecule has 2 heterocycles. The second kappa shape index (κ2) is 6.68. The van der Waals surface area contributed by atoms with Gasteiger partial charge in [0.15, 0.2) is 0 Å². The van der Waals surface area contributed by atoms with E-state index in [9.17, 15) is 4.79 Å². The normalized spacial score (nSPS) is 33.4. The Hall–Kier alpha value is -0.650. The number of carbonyl (C=O) groups is 1. The Kier molecular flexibility index (Phi) is 5.19. The van der Waals surface area contributed by atoms with E-state index in [0.717, 1.165) is 38.8 Å². The zero-order valence-corrected chi connectivity index (χ0v) is 12.0. The Morgan fingerprint density at radius 3 is 2.95 bits per heavy atom.